The molecule has 0 aromatic heterocycles. The summed E-state index contributed by atoms with van der Waals surface area (Å²) in [6, 6.07) is 9.39. The Kier molecular flexibility index (Phi) is 5.44. The molecular weight excluding hydrogens is 248 g/mol. The highest BCUT2D eigenvalue weighted by Crippen LogP contribution is 2.32. The SMILES string of the molecule is COc1cccc(C(C)N(C)C2CCCCC2CN)c1. The Balaban J connectivity index is 2.11. The van der Waals surface area contributed by atoms with Gasteiger partial charge in [-0.2, -0.15) is 0 Å². The molecule has 2 rings (SSSR count). The number of rotatable bonds is 5. The predicted octanol–water partition coefficient (Wildman–Crippen LogP) is 3.21. The van der Waals surface area contributed by atoms with Crippen LogP contribution in [0.5, 0.6) is 5.75 Å². The Morgan fingerprint density at radius 3 is 2.80 bits per heavy atom. The molecule has 0 bridgehead atoms. The molecule has 3 unspecified atom stereocenters. The van der Waals surface area contributed by atoms with Gasteiger partial charge in [0.25, 0.3) is 0 Å². The highest BCUT2D eigenvalue weighted by atomic mass is 16.5. The zero-order valence-corrected chi connectivity index (χ0v) is 13.0. The molecule has 2 N–H and O–H groups in total. The standard InChI is InChI=1S/C17H28N2O/c1-13(14-8-6-9-16(11-14)20-3)19(2)17-10-5-4-7-15(17)12-18/h6,8-9,11,13,15,17H,4-5,7,10,12,18H2,1-3H3. The Hall–Kier alpha value is -1.06. The van der Waals surface area contributed by atoms with Crippen LogP contribution in [0.15, 0.2) is 24.3 Å². The van der Waals surface area contributed by atoms with Crippen molar-refractivity contribution in [2.75, 3.05) is 20.7 Å². The molecule has 1 aliphatic rings. The smallest absolute Gasteiger partial charge is 0.119 e. The van der Waals surface area contributed by atoms with Crippen LogP contribution >= 0.6 is 0 Å². The van der Waals surface area contributed by atoms with Crippen molar-refractivity contribution in [1.29, 1.82) is 0 Å². The van der Waals surface area contributed by atoms with Crippen LogP contribution in [-0.4, -0.2) is 31.6 Å². The maximum atomic E-state index is 5.97. The zero-order chi connectivity index (χ0) is 14.5. The van der Waals surface area contributed by atoms with E-state index < -0.39 is 0 Å². The van der Waals surface area contributed by atoms with Crippen LogP contribution in [-0.2, 0) is 0 Å². The fourth-order valence-electron chi connectivity index (χ4n) is 3.42. The van der Waals surface area contributed by atoms with Crippen LogP contribution in [0.4, 0.5) is 0 Å². The zero-order valence-electron chi connectivity index (χ0n) is 13.0. The number of hydrogen-bond donors (Lipinski definition) is 1. The molecule has 0 saturated heterocycles. The van der Waals surface area contributed by atoms with Crippen molar-refractivity contribution in [3.8, 4) is 5.75 Å². The molecule has 3 heteroatoms. The van der Waals surface area contributed by atoms with Crippen LogP contribution in [0.3, 0.4) is 0 Å². The first-order valence-electron chi connectivity index (χ1n) is 7.73. The highest BCUT2D eigenvalue weighted by Gasteiger charge is 2.30. The van der Waals surface area contributed by atoms with Crippen molar-refractivity contribution in [3.63, 3.8) is 0 Å². The quantitative estimate of drug-likeness (QED) is 0.897. The molecule has 1 aromatic carbocycles. The molecule has 3 nitrogen and oxygen atoms in total. The number of nitrogens with zero attached hydrogens (tertiary/aromatic N) is 1. The van der Waals surface area contributed by atoms with Gasteiger partial charge in [0.1, 0.15) is 5.75 Å². The Morgan fingerprint density at radius 1 is 1.35 bits per heavy atom. The van der Waals surface area contributed by atoms with Gasteiger partial charge in [-0.15, -0.1) is 0 Å². The van der Waals surface area contributed by atoms with Gasteiger partial charge < -0.3 is 10.5 Å². The van der Waals surface area contributed by atoms with Gasteiger partial charge in [0.15, 0.2) is 0 Å². The second-order valence-electron chi connectivity index (χ2n) is 5.97. The van der Waals surface area contributed by atoms with Crippen molar-refractivity contribution in [2.24, 2.45) is 11.7 Å². The van der Waals surface area contributed by atoms with Crippen LogP contribution in [0, 0.1) is 5.92 Å². The fraction of sp³-hybridized carbons (Fsp3) is 0.647. The van der Waals surface area contributed by atoms with E-state index in [0.717, 1.165) is 12.3 Å². The van der Waals surface area contributed by atoms with Gasteiger partial charge in [0.05, 0.1) is 7.11 Å². The van der Waals surface area contributed by atoms with E-state index in [9.17, 15) is 0 Å². The number of hydrogen-bond acceptors (Lipinski definition) is 3. The number of methoxy groups -OCH3 is 1. The molecule has 3 atom stereocenters. The molecule has 1 aliphatic carbocycles. The molecule has 1 fully saturated rings. The summed E-state index contributed by atoms with van der Waals surface area (Å²) in [5.74, 6) is 1.57. The average Bonchev–Trinajstić information content (AvgIpc) is 2.53. The van der Waals surface area contributed by atoms with Crippen LogP contribution < -0.4 is 10.5 Å². The molecule has 0 aliphatic heterocycles. The fourth-order valence-corrected chi connectivity index (χ4v) is 3.42. The summed E-state index contributed by atoms with van der Waals surface area (Å²) in [5, 5.41) is 0. The molecule has 0 heterocycles. The molecule has 1 saturated carbocycles. The number of benzene rings is 1. The van der Waals surface area contributed by atoms with Crippen molar-refractivity contribution in [2.45, 2.75) is 44.7 Å². The number of ether oxygens (including phenoxy) is 1. The summed E-state index contributed by atoms with van der Waals surface area (Å²) in [7, 11) is 3.96. The minimum absolute atomic E-state index is 0.391. The van der Waals surface area contributed by atoms with E-state index in [2.05, 4.69) is 37.1 Å². The van der Waals surface area contributed by atoms with Gasteiger partial charge >= 0.3 is 0 Å². The Bertz CT molecular complexity index is 421. The first-order valence-corrected chi connectivity index (χ1v) is 7.73. The monoisotopic (exact) mass is 276 g/mol. The van der Waals surface area contributed by atoms with E-state index in [1.54, 1.807) is 7.11 Å². The lowest BCUT2D eigenvalue weighted by atomic mass is 9.83. The van der Waals surface area contributed by atoms with Gasteiger partial charge in [-0.05, 0) is 57.0 Å². The lowest BCUT2D eigenvalue weighted by molar-refractivity contribution is 0.0988. The van der Waals surface area contributed by atoms with Crippen molar-refractivity contribution < 1.29 is 4.74 Å². The molecule has 112 valence electrons. The maximum Gasteiger partial charge on any atom is 0.119 e. The van der Waals surface area contributed by atoms with Crippen LogP contribution in [0.1, 0.15) is 44.2 Å². The van der Waals surface area contributed by atoms with E-state index in [1.807, 2.05) is 6.07 Å². The first-order chi connectivity index (χ1) is 9.67. The first kappa shape index (κ1) is 15.3. The minimum atomic E-state index is 0.391. The van der Waals surface area contributed by atoms with Crippen molar-refractivity contribution >= 4 is 0 Å². The summed E-state index contributed by atoms with van der Waals surface area (Å²) < 4.78 is 5.33. The van der Waals surface area contributed by atoms with Gasteiger partial charge in [0.2, 0.25) is 0 Å². The van der Waals surface area contributed by atoms with Gasteiger partial charge in [-0.1, -0.05) is 25.0 Å². The minimum Gasteiger partial charge on any atom is -0.497 e. The molecule has 20 heavy (non-hydrogen) atoms. The second kappa shape index (κ2) is 7.09. The molecular formula is C17H28N2O. The number of nitrogens with two attached hydrogens (primary N) is 1. The maximum absolute atomic E-state index is 5.97. The predicted molar refractivity (Wildman–Crippen MR) is 84.0 cm³/mol. The Labute approximate surface area is 123 Å². The normalized spacial score (nSPS) is 24.6. The van der Waals surface area contributed by atoms with E-state index in [0.29, 0.717) is 18.0 Å². The van der Waals surface area contributed by atoms with Gasteiger partial charge in [-0.25, -0.2) is 0 Å². The summed E-state index contributed by atoms with van der Waals surface area (Å²) in [6.45, 7) is 3.08. The van der Waals surface area contributed by atoms with E-state index in [1.165, 1.54) is 31.2 Å². The Morgan fingerprint density at radius 2 is 2.10 bits per heavy atom. The lowest BCUT2D eigenvalue weighted by Gasteiger charge is -2.40. The molecule has 0 radical (unpaired) electrons. The third-order valence-electron chi connectivity index (χ3n) is 4.88. The third-order valence-corrected chi connectivity index (χ3v) is 4.88. The summed E-state index contributed by atoms with van der Waals surface area (Å²) >= 11 is 0. The molecule has 1 aromatic rings. The van der Waals surface area contributed by atoms with Gasteiger partial charge in [0, 0.05) is 12.1 Å². The second-order valence-corrected chi connectivity index (χ2v) is 5.97. The highest BCUT2D eigenvalue weighted by molar-refractivity contribution is 5.30. The molecule has 0 amide bonds. The van der Waals surface area contributed by atoms with Crippen molar-refractivity contribution in [3.05, 3.63) is 29.8 Å². The van der Waals surface area contributed by atoms with Crippen LogP contribution in [0.25, 0.3) is 0 Å². The largest absolute Gasteiger partial charge is 0.497 e. The van der Waals surface area contributed by atoms with E-state index >= 15 is 0 Å². The van der Waals surface area contributed by atoms with Crippen molar-refractivity contribution in [1.82, 2.24) is 4.90 Å². The van der Waals surface area contributed by atoms with Crippen LogP contribution in [0.2, 0.25) is 0 Å². The average molecular weight is 276 g/mol. The summed E-state index contributed by atoms with van der Waals surface area (Å²) in [4.78, 5) is 2.51. The van der Waals surface area contributed by atoms with E-state index in [4.69, 9.17) is 10.5 Å². The summed E-state index contributed by atoms with van der Waals surface area (Å²) in [6.07, 6.45) is 5.21. The third kappa shape index (κ3) is 3.33. The molecule has 0 spiro atoms. The van der Waals surface area contributed by atoms with Gasteiger partial charge in [-0.3, -0.25) is 4.90 Å². The topological polar surface area (TPSA) is 38.5 Å². The summed E-state index contributed by atoms with van der Waals surface area (Å²) in [5.41, 5.74) is 7.28. The lowest BCUT2D eigenvalue weighted by Crippen LogP contribution is -2.44. The van der Waals surface area contributed by atoms with E-state index in [-0.39, 0.29) is 0 Å².